The van der Waals surface area contributed by atoms with Gasteiger partial charge in [-0.3, -0.25) is 4.79 Å². The minimum Gasteiger partial charge on any atom is -0.334 e. The maximum atomic E-state index is 13.3. The van der Waals surface area contributed by atoms with Gasteiger partial charge in [-0.15, -0.1) is 0 Å². The van der Waals surface area contributed by atoms with Gasteiger partial charge >= 0.3 is 0 Å². The first kappa shape index (κ1) is 17.3. The summed E-state index contributed by atoms with van der Waals surface area (Å²) in [6.07, 6.45) is 8.38. The van der Waals surface area contributed by atoms with E-state index in [0.29, 0.717) is 11.7 Å². The lowest BCUT2D eigenvalue weighted by Crippen LogP contribution is -2.43. The molecule has 1 atom stereocenters. The Bertz CT molecular complexity index is 796. The van der Waals surface area contributed by atoms with Crippen molar-refractivity contribution in [2.24, 2.45) is 0 Å². The average Bonchev–Trinajstić information content (AvgIpc) is 3.08. The van der Waals surface area contributed by atoms with E-state index in [0.717, 1.165) is 68.4 Å². The second-order valence-electron chi connectivity index (χ2n) is 7.43. The molecule has 1 aliphatic heterocycles. The first-order valence-electron chi connectivity index (χ1n) is 9.86. The van der Waals surface area contributed by atoms with Crippen LogP contribution in [0.5, 0.6) is 0 Å². The minimum atomic E-state index is -0.259. The second-order valence-corrected chi connectivity index (χ2v) is 7.43. The minimum absolute atomic E-state index is 0.0792. The highest BCUT2D eigenvalue weighted by atomic mass is 19.1. The van der Waals surface area contributed by atoms with E-state index in [1.54, 1.807) is 12.1 Å². The molecule has 0 spiro atoms. The van der Waals surface area contributed by atoms with Gasteiger partial charge in [0.25, 0.3) is 5.91 Å². The van der Waals surface area contributed by atoms with Crippen molar-refractivity contribution in [2.75, 3.05) is 6.54 Å². The van der Waals surface area contributed by atoms with Gasteiger partial charge in [0.1, 0.15) is 5.82 Å². The Morgan fingerprint density at radius 3 is 2.69 bits per heavy atom. The third-order valence-electron chi connectivity index (χ3n) is 5.81. The van der Waals surface area contributed by atoms with Gasteiger partial charge < -0.3 is 4.90 Å². The number of halogens is 1. The second kappa shape index (κ2) is 7.22. The summed E-state index contributed by atoms with van der Waals surface area (Å²) >= 11 is 0. The number of amides is 1. The summed E-state index contributed by atoms with van der Waals surface area (Å²) in [7, 11) is 0. The van der Waals surface area contributed by atoms with Crippen LogP contribution in [0.15, 0.2) is 24.3 Å². The van der Waals surface area contributed by atoms with Gasteiger partial charge in [-0.2, -0.15) is 5.10 Å². The van der Waals surface area contributed by atoms with Gasteiger partial charge in [-0.05, 0) is 75.6 Å². The van der Waals surface area contributed by atoms with Gasteiger partial charge in [0.05, 0.1) is 5.69 Å². The van der Waals surface area contributed by atoms with Crippen LogP contribution >= 0.6 is 0 Å². The third kappa shape index (κ3) is 3.04. The molecule has 1 aromatic carbocycles. The number of nitrogens with zero attached hydrogens (tertiary/aromatic N) is 3. The number of piperidine rings is 1. The molecule has 1 aromatic heterocycles. The van der Waals surface area contributed by atoms with Crippen LogP contribution in [0.25, 0.3) is 5.69 Å². The van der Waals surface area contributed by atoms with Crippen molar-refractivity contribution in [3.8, 4) is 5.69 Å². The summed E-state index contributed by atoms with van der Waals surface area (Å²) in [5.41, 5.74) is 3.67. The van der Waals surface area contributed by atoms with Crippen molar-refractivity contribution in [1.82, 2.24) is 14.7 Å². The smallest absolute Gasteiger partial charge is 0.274 e. The summed E-state index contributed by atoms with van der Waals surface area (Å²) in [6.45, 7) is 2.98. The van der Waals surface area contributed by atoms with E-state index in [9.17, 15) is 9.18 Å². The van der Waals surface area contributed by atoms with Gasteiger partial charge in [0.2, 0.25) is 0 Å². The molecule has 0 bridgehead atoms. The van der Waals surface area contributed by atoms with Crippen molar-refractivity contribution >= 4 is 5.91 Å². The number of carbonyl (C=O) groups excluding carboxylic acids is 1. The molecule has 1 fully saturated rings. The first-order valence-corrected chi connectivity index (χ1v) is 9.86. The number of carbonyl (C=O) groups is 1. The molecule has 4 rings (SSSR count). The number of hydrogen-bond donors (Lipinski definition) is 0. The topological polar surface area (TPSA) is 38.1 Å². The van der Waals surface area contributed by atoms with E-state index in [2.05, 4.69) is 6.92 Å². The van der Waals surface area contributed by atoms with Crippen molar-refractivity contribution in [3.63, 3.8) is 0 Å². The molecule has 2 aliphatic rings. The SMILES string of the molecule is CCC1CCCCN1C(=O)c1nn(-c2ccc(F)cc2)c2c1CCCC2. The van der Waals surface area contributed by atoms with Gasteiger partial charge in [0.15, 0.2) is 5.69 Å². The molecule has 138 valence electrons. The summed E-state index contributed by atoms with van der Waals surface area (Å²) < 4.78 is 15.2. The van der Waals surface area contributed by atoms with Crippen LogP contribution in [0.4, 0.5) is 4.39 Å². The number of rotatable bonds is 3. The number of fused-ring (bicyclic) bond motifs is 1. The maximum absolute atomic E-state index is 13.3. The summed E-state index contributed by atoms with van der Waals surface area (Å²) in [6, 6.07) is 6.70. The van der Waals surface area contributed by atoms with E-state index in [1.807, 2.05) is 9.58 Å². The average molecular weight is 355 g/mol. The summed E-state index contributed by atoms with van der Waals surface area (Å²) in [5, 5.41) is 4.74. The van der Waals surface area contributed by atoms with E-state index < -0.39 is 0 Å². The number of benzene rings is 1. The highest BCUT2D eigenvalue weighted by Crippen LogP contribution is 2.29. The lowest BCUT2D eigenvalue weighted by molar-refractivity contribution is 0.0600. The van der Waals surface area contributed by atoms with Crippen LogP contribution in [0.3, 0.4) is 0 Å². The fourth-order valence-electron chi connectivity index (χ4n) is 4.40. The van der Waals surface area contributed by atoms with Crippen LogP contribution in [-0.2, 0) is 12.8 Å². The third-order valence-corrected chi connectivity index (χ3v) is 5.81. The maximum Gasteiger partial charge on any atom is 0.274 e. The Morgan fingerprint density at radius 1 is 1.15 bits per heavy atom. The van der Waals surface area contributed by atoms with E-state index in [1.165, 1.54) is 18.6 Å². The van der Waals surface area contributed by atoms with Gasteiger partial charge in [-0.1, -0.05) is 6.92 Å². The normalized spacial score (nSPS) is 20.1. The van der Waals surface area contributed by atoms with Crippen molar-refractivity contribution in [3.05, 3.63) is 47.0 Å². The predicted octanol–water partition coefficient (Wildman–Crippen LogP) is 4.29. The largest absolute Gasteiger partial charge is 0.334 e. The molecule has 0 N–H and O–H groups in total. The zero-order valence-corrected chi connectivity index (χ0v) is 15.4. The molecule has 1 saturated heterocycles. The Kier molecular flexibility index (Phi) is 4.79. The Labute approximate surface area is 154 Å². The van der Waals surface area contributed by atoms with Gasteiger partial charge in [0, 0.05) is 23.8 Å². The molecule has 0 radical (unpaired) electrons. The summed E-state index contributed by atoms with van der Waals surface area (Å²) in [5.74, 6) is -0.180. The molecular formula is C21H26FN3O. The Hall–Kier alpha value is -2.17. The molecule has 1 unspecified atom stereocenters. The zero-order chi connectivity index (χ0) is 18.1. The van der Waals surface area contributed by atoms with Crippen LogP contribution in [-0.4, -0.2) is 33.2 Å². The van der Waals surface area contributed by atoms with E-state index in [4.69, 9.17) is 5.10 Å². The molecule has 1 aliphatic carbocycles. The van der Waals surface area contributed by atoms with Crippen LogP contribution in [0.2, 0.25) is 0 Å². The van der Waals surface area contributed by atoms with Crippen molar-refractivity contribution in [2.45, 2.75) is 64.3 Å². The van der Waals surface area contributed by atoms with Crippen LogP contribution in [0, 0.1) is 5.82 Å². The van der Waals surface area contributed by atoms with E-state index in [-0.39, 0.29) is 11.7 Å². The first-order chi connectivity index (χ1) is 12.7. The zero-order valence-electron chi connectivity index (χ0n) is 15.4. The quantitative estimate of drug-likeness (QED) is 0.823. The van der Waals surface area contributed by atoms with Gasteiger partial charge in [-0.25, -0.2) is 9.07 Å². The summed E-state index contributed by atoms with van der Waals surface area (Å²) in [4.78, 5) is 15.4. The highest BCUT2D eigenvalue weighted by Gasteiger charge is 2.32. The molecular weight excluding hydrogens is 329 g/mol. The fraction of sp³-hybridized carbons (Fsp3) is 0.524. The Morgan fingerprint density at radius 2 is 1.92 bits per heavy atom. The number of likely N-dealkylation sites (tertiary alicyclic amines) is 1. The number of aromatic nitrogens is 2. The van der Waals surface area contributed by atoms with Crippen molar-refractivity contribution < 1.29 is 9.18 Å². The monoisotopic (exact) mass is 355 g/mol. The molecule has 2 aromatic rings. The van der Waals surface area contributed by atoms with Crippen LogP contribution < -0.4 is 0 Å². The van der Waals surface area contributed by atoms with Crippen molar-refractivity contribution in [1.29, 1.82) is 0 Å². The fourth-order valence-corrected chi connectivity index (χ4v) is 4.40. The van der Waals surface area contributed by atoms with Crippen LogP contribution in [0.1, 0.15) is 67.2 Å². The van der Waals surface area contributed by atoms with E-state index >= 15 is 0 Å². The number of hydrogen-bond acceptors (Lipinski definition) is 2. The molecule has 26 heavy (non-hydrogen) atoms. The lowest BCUT2D eigenvalue weighted by atomic mass is 9.94. The lowest BCUT2D eigenvalue weighted by Gasteiger charge is -2.35. The molecule has 2 heterocycles. The molecule has 1 amide bonds. The molecule has 4 nitrogen and oxygen atoms in total. The standard InChI is InChI=1S/C21H26FN3O/c1-2-16-7-5-6-14-24(16)21(26)20-18-8-3-4-9-19(18)25(23-20)17-12-10-15(22)11-13-17/h10-13,16H,2-9,14H2,1H3. The Balaban J connectivity index is 1.74. The molecule has 5 heteroatoms. The predicted molar refractivity (Wildman–Crippen MR) is 99.1 cm³/mol. The highest BCUT2D eigenvalue weighted by molar-refractivity contribution is 5.94. The molecule has 0 saturated carbocycles.